The minimum absolute atomic E-state index is 0.0414. The molecule has 0 aromatic heterocycles. The Hall–Kier alpha value is -0.610. The van der Waals surface area contributed by atoms with Crippen LogP contribution in [-0.2, 0) is 4.79 Å². The summed E-state index contributed by atoms with van der Waals surface area (Å²) in [6.07, 6.45) is 0. The molecule has 1 fully saturated rings. The van der Waals surface area contributed by atoms with E-state index >= 15 is 0 Å². The number of primary amides is 1. The third kappa shape index (κ3) is 3.64. The molecular formula is C10H21N3O. The van der Waals surface area contributed by atoms with Crippen LogP contribution in [0.1, 0.15) is 13.8 Å². The Labute approximate surface area is 85.8 Å². The lowest BCUT2D eigenvalue weighted by Crippen LogP contribution is -2.37. The van der Waals surface area contributed by atoms with Gasteiger partial charge in [-0.2, -0.15) is 0 Å². The number of nitrogens with zero attached hydrogens (tertiary/aromatic N) is 1. The number of nitrogens with one attached hydrogen (secondary N) is 1. The molecule has 14 heavy (non-hydrogen) atoms. The topological polar surface area (TPSA) is 58.4 Å². The highest BCUT2D eigenvalue weighted by Crippen LogP contribution is 2.05. The summed E-state index contributed by atoms with van der Waals surface area (Å²) in [5.74, 6) is 0.410. The summed E-state index contributed by atoms with van der Waals surface area (Å²) in [5, 5.41) is 3.37. The van der Waals surface area contributed by atoms with E-state index in [0.717, 1.165) is 32.7 Å². The van der Waals surface area contributed by atoms with Gasteiger partial charge in [0.25, 0.3) is 0 Å². The second-order valence-corrected chi connectivity index (χ2v) is 4.37. The second-order valence-electron chi connectivity index (χ2n) is 4.37. The van der Waals surface area contributed by atoms with Crippen LogP contribution in [0.5, 0.6) is 0 Å². The first-order valence-corrected chi connectivity index (χ1v) is 5.32. The van der Waals surface area contributed by atoms with Gasteiger partial charge in [0.15, 0.2) is 0 Å². The smallest absolute Gasteiger partial charge is 0.221 e. The minimum Gasteiger partial charge on any atom is -0.369 e. The Morgan fingerprint density at radius 1 is 1.71 bits per heavy atom. The molecule has 82 valence electrons. The predicted octanol–water partition coefficient (Wildman–Crippen LogP) is -0.351. The van der Waals surface area contributed by atoms with Gasteiger partial charge < -0.3 is 16.0 Å². The maximum absolute atomic E-state index is 10.9. The highest BCUT2D eigenvalue weighted by atomic mass is 16.1. The summed E-state index contributed by atoms with van der Waals surface area (Å²) in [4.78, 5) is 13.2. The van der Waals surface area contributed by atoms with Crippen molar-refractivity contribution in [2.75, 3.05) is 32.7 Å². The molecule has 0 bridgehead atoms. The van der Waals surface area contributed by atoms with E-state index in [9.17, 15) is 4.79 Å². The number of carbonyl (C=O) groups is 1. The largest absolute Gasteiger partial charge is 0.369 e. The summed E-state index contributed by atoms with van der Waals surface area (Å²) in [7, 11) is 0. The molecule has 1 rings (SSSR count). The molecule has 1 amide bonds. The van der Waals surface area contributed by atoms with Gasteiger partial charge in [0.1, 0.15) is 0 Å². The molecule has 2 atom stereocenters. The number of hydrogen-bond acceptors (Lipinski definition) is 3. The number of amides is 1. The number of rotatable bonds is 3. The van der Waals surface area contributed by atoms with E-state index in [0.29, 0.717) is 5.92 Å². The molecule has 0 aromatic carbocycles. The van der Waals surface area contributed by atoms with Crippen LogP contribution in [0.4, 0.5) is 0 Å². The van der Waals surface area contributed by atoms with Gasteiger partial charge in [-0.25, -0.2) is 0 Å². The number of carbonyl (C=O) groups excluding carboxylic acids is 1. The van der Waals surface area contributed by atoms with Crippen LogP contribution in [0.25, 0.3) is 0 Å². The maximum atomic E-state index is 10.9. The molecule has 0 saturated carbocycles. The SMILES string of the molecule is CC1CNCCN(CC(C)C(N)=O)C1. The van der Waals surface area contributed by atoms with Gasteiger partial charge in [-0.15, -0.1) is 0 Å². The second kappa shape index (κ2) is 5.32. The van der Waals surface area contributed by atoms with Crippen molar-refractivity contribution in [3.63, 3.8) is 0 Å². The third-order valence-corrected chi connectivity index (χ3v) is 2.69. The van der Waals surface area contributed by atoms with E-state index < -0.39 is 0 Å². The highest BCUT2D eigenvalue weighted by Gasteiger charge is 2.18. The average Bonchev–Trinajstić information content (AvgIpc) is 2.29. The lowest BCUT2D eigenvalue weighted by molar-refractivity contribution is -0.121. The summed E-state index contributed by atoms with van der Waals surface area (Å²) >= 11 is 0. The number of hydrogen-bond donors (Lipinski definition) is 2. The van der Waals surface area contributed by atoms with Gasteiger partial charge >= 0.3 is 0 Å². The minimum atomic E-state index is -0.199. The van der Waals surface area contributed by atoms with Crippen molar-refractivity contribution in [2.45, 2.75) is 13.8 Å². The van der Waals surface area contributed by atoms with Crippen molar-refractivity contribution < 1.29 is 4.79 Å². The van der Waals surface area contributed by atoms with E-state index in [1.165, 1.54) is 0 Å². The van der Waals surface area contributed by atoms with E-state index in [-0.39, 0.29) is 11.8 Å². The Bertz CT molecular complexity index is 196. The third-order valence-electron chi connectivity index (χ3n) is 2.69. The molecular weight excluding hydrogens is 178 g/mol. The fourth-order valence-electron chi connectivity index (χ4n) is 1.83. The molecule has 1 saturated heterocycles. The molecule has 0 aliphatic carbocycles. The zero-order chi connectivity index (χ0) is 10.6. The molecule has 1 heterocycles. The maximum Gasteiger partial charge on any atom is 0.221 e. The van der Waals surface area contributed by atoms with E-state index in [1.807, 2.05) is 6.92 Å². The standard InChI is InChI=1S/C10H21N3O/c1-8-5-12-3-4-13(6-8)7-9(2)10(11)14/h8-9,12H,3-7H2,1-2H3,(H2,11,14). The van der Waals surface area contributed by atoms with Crippen molar-refractivity contribution in [3.8, 4) is 0 Å². The van der Waals surface area contributed by atoms with Crippen LogP contribution in [0.3, 0.4) is 0 Å². The molecule has 0 aromatic rings. The van der Waals surface area contributed by atoms with Crippen molar-refractivity contribution in [1.82, 2.24) is 10.2 Å². The summed E-state index contributed by atoms with van der Waals surface area (Å²) in [6, 6.07) is 0. The van der Waals surface area contributed by atoms with Crippen LogP contribution in [-0.4, -0.2) is 43.5 Å². The van der Waals surface area contributed by atoms with E-state index in [1.54, 1.807) is 0 Å². The van der Waals surface area contributed by atoms with Crippen LogP contribution in [0, 0.1) is 11.8 Å². The van der Waals surface area contributed by atoms with Crippen LogP contribution in [0.2, 0.25) is 0 Å². The molecule has 4 nitrogen and oxygen atoms in total. The average molecular weight is 199 g/mol. The fourth-order valence-corrected chi connectivity index (χ4v) is 1.83. The first kappa shape index (κ1) is 11.5. The Morgan fingerprint density at radius 3 is 3.07 bits per heavy atom. The van der Waals surface area contributed by atoms with Gasteiger partial charge in [0.05, 0.1) is 0 Å². The van der Waals surface area contributed by atoms with Crippen molar-refractivity contribution >= 4 is 5.91 Å². The number of nitrogens with two attached hydrogens (primary N) is 1. The Morgan fingerprint density at radius 2 is 2.43 bits per heavy atom. The first-order chi connectivity index (χ1) is 6.59. The van der Waals surface area contributed by atoms with Crippen LogP contribution in [0.15, 0.2) is 0 Å². The van der Waals surface area contributed by atoms with Crippen LogP contribution < -0.4 is 11.1 Å². The van der Waals surface area contributed by atoms with Crippen molar-refractivity contribution in [2.24, 2.45) is 17.6 Å². The molecule has 3 N–H and O–H groups in total. The lowest BCUT2D eigenvalue weighted by Gasteiger charge is -2.23. The van der Waals surface area contributed by atoms with E-state index in [4.69, 9.17) is 5.73 Å². The van der Waals surface area contributed by atoms with Gasteiger partial charge in [0.2, 0.25) is 5.91 Å². The monoisotopic (exact) mass is 199 g/mol. The van der Waals surface area contributed by atoms with Crippen LogP contribution >= 0.6 is 0 Å². The van der Waals surface area contributed by atoms with E-state index in [2.05, 4.69) is 17.1 Å². The highest BCUT2D eigenvalue weighted by molar-refractivity contribution is 5.76. The molecule has 1 aliphatic heterocycles. The molecule has 1 aliphatic rings. The molecule has 2 unspecified atom stereocenters. The summed E-state index contributed by atoms with van der Waals surface area (Å²) in [6.45, 7) is 9.07. The van der Waals surface area contributed by atoms with Crippen molar-refractivity contribution in [1.29, 1.82) is 0 Å². The molecule has 0 spiro atoms. The Balaban J connectivity index is 2.38. The molecule has 0 radical (unpaired) electrons. The van der Waals surface area contributed by atoms with Crippen molar-refractivity contribution in [3.05, 3.63) is 0 Å². The van der Waals surface area contributed by atoms with Gasteiger partial charge in [-0.3, -0.25) is 4.79 Å². The fraction of sp³-hybridized carbons (Fsp3) is 0.900. The zero-order valence-electron chi connectivity index (χ0n) is 9.12. The normalized spacial score (nSPS) is 26.9. The lowest BCUT2D eigenvalue weighted by atomic mass is 10.1. The Kier molecular flexibility index (Phi) is 4.35. The summed E-state index contributed by atoms with van der Waals surface area (Å²) in [5.41, 5.74) is 5.25. The molecule has 4 heteroatoms. The summed E-state index contributed by atoms with van der Waals surface area (Å²) < 4.78 is 0. The predicted molar refractivity (Wildman–Crippen MR) is 56.8 cm³/mol. The van der Waals surface area contributed by atoms with Gasteiger partial charge in [-0.05, 0) is 12.5 Å². The quantitative estimate of drug-likeness (QED) is 0.653. The van der Waals surface area contributed by atoms with Gasteiger partial charge in [0, 0.05) is 32.1 Å². The van der Waals surface area contributed by atoms with Gasteiger partial charge in [-0.1, -0.05) is 13.8 Å². The first-order valence-electron chi connectivity index (χ1n) is 5.32. The zero-order valence-corrected chi connectivity index (χ0v) is 9.12.